The van der Waals surface area contributed by atoms with Crippen LogP contribution in [0.4, 0.5) is 5.69 Å². The van der Waals surface area contributed by atoms with Crippen molar-refractivity contribution in [2.45, 2.75) is 31.5 Å². The third-order valence-electron chi connectivity index (χ3n) is 5.60. The molecule has 0 radical (unpaired) electrons. The van der Waals surface area contributed by atoms with Crippen molar-refractivity contribution in [1.82, 2.24) is 20.0 Å². The van der Waals surface area contributed by atoms with E-state index >= 15 is 0 Å². The molecule has 2 fully saturated rings. The van der Waals surface area contributed by atoms with Crippen molar-refractivity contribution in [2.24, 2.45) is 0 Å². The number of ether oxygens (including phenoxy) is 1. The molecule has 3 aliphatic heterocycles. The fourth-order valence-corrected chi connectivity index (χ4v) is 3.90. The van der Waals surface area contributed by atoms with E-state index in [2.05, 4.69) is 15.7 Å². The summed E-state index contributed by atoms with van der Waals surface area (Å²) in [6.45, 7) is 1.71. The van der Waals surface area contributed by atoms with Gasteiger partial charge in [-0.05, 0) is 18.6 Å². The zero-order valence-corrected chi connectivity index (χ0v) is 16.0. The van der Waals surface area contributed by atoms with E-state index in [0.29, 0.717) is 25.4 Å². The lowest BCUT2D eigenvalue weighted by molar-refractivity contribution is -0.136. The Bertz CT molecular complexity index is 1070. The molecule has 5 rings (SSSR count). The zero-order chi connectivity index (χ0) is 20.8. The van der Waals surface area contributed by atoms with Gasteiger partial charge >= 0.3 is 0 Å². The summed E-state index contributed by atoms with van der Waals surface area (Å²) in [6, 6.07) is 4.26. The molecule has 1 atom stereocenters. The van der Waals surface area contributed by atoms with Crippen LogP contribution in [0.3, 0.4) is 0 Å². The molecule has 0 saturated carbocycles. The number of fused-ring (bicyclic) bond motifs is 1. The highest BCUT2D eigenvalue weighted by Gasteiger charge is 2.45. The molecule has 3 aliphatic rings. The topological polar surface area (TPSA) is 123 Å². The van der Waals surface area contributed by atoms with Crippen LogP contribution >= 0.6 is 0 Å². The average molecular weight is 409 g/mol. The van der Waals surface area contributed by atoms with E-state index in [1.807, 2.05) is 10.9 Å². The molecule has 0 bridgehead atoms. The maximum atomic E-state index is 13.1. The van der Waals surface area contributed by atoms with E-state index < -0.39 is 29.7 Å². The summed E-state index contributed by atoms with van der Waals surface area (Å²) in [5, 5.41) is 9.73. The maximum Gasteiger partial charge on any atom is 0.264 e. The van der Waals surface area contributed by atoms with Gasteiger partial charge in [-0.15, -0.1) is 0 Å². The predicted octanol–water partition coefficient (Wildman–Crippen LogP) is 0.468. The number of nitrogens with one attached hydrogen (secondary N) is 2. The number of aromatic nitrogens is 2. The van der Waals surface area contributed by atoms with Crippen molar-refractivity contribution in [1.29, 1.82) is 0 Å². The number of benzene rings is 1. The van der Waals surface area contributed by atoms with E-state index in [-0.39, 0.29) is 30.0 Å². The number of piperidine rings is 1. The van der Waals surface area contributed by atoms with E-state index in [1.54, 1.807) is 24.4 Å². The molecule has 30 heavy (non-hydrogen) atoms. The highest BCUT2D eigenvalue weighted by Crippen LogP contribution is 2.32. The first-order chi connectivity index (χ1) is 14.5. The standard InChI is InChI=1S/C20H19N5O5/c26-16-5-4-15(18(27)23-16)25-19(28)13-2-1-3-14(17(13)20(25)29)21-6-11-7-22-24(8-11)12-9-30-10-12/h1-3,7-8,12,15,21H,4-6,9-10H2,(H,23,26,27). The highest BCUT2D eigenvalue weighted by molar-refractivity contribution is 6.25. The van der Waals surface area contributed by atoms with E-state index in [0.717, 1.165) is 10.5 Å². The first-order valence-corrected chi connectivity index (χ1v) is 9.72. The summed E-state index contributed by atoms with van der Waals surface area (Å²) in [6.07, 6.45) is 3.89. The fourth-order valence-electron chi connectivity index (χ4n) is 3.90. The van der Waals surface area contributed by atoms with Crippen LogP contribution in [0.2, 0.25) is 0 Å². The number of nitrogens with zero attached hydrogens (tertiary/aromatic N) is 3. The van der Waals surface area contributed by atoms with Crippen molar-refractivity contribution in [2.75, 3.05) is 18.5 Å². The predicted molar refractivity (Wildman–Crippen MR) is 103 cm³/mol. The molecule has 4 heterocycles. The van der Waals surface area contributed by atoms with Crippen LogP contribution in [-0.2, 0) is 20.9 Å². The van der Waals surface area contributed by atoms with Gasteiger partial charge in [-0.1, -0.05) is 6.07 Å². The molecule has 0 aliphatic carbocycles. The first kappa shape index (κ1) is 18.5. The van der Waals surface area contributed by atoms with Gasteiger partial charge in [0.15, 0.2) is 0 Å². The average Bonchev–Trinajstić information content (AvgIpc) is 3.23. The minimum atomic E-state index is -0.981. The SMILES string of the molecule is O=C1CCC(N2C(=O)c3cccc(NCc4cnn(C5COC5)c4)c3C2=O)C(=O)N1. The Hall–Kier alpha value is -3.53. The number of imide groups is 2. The second-order valence-electron chi connectivity index (χ2n) is 7.55. The quantitative estimate of drug-likeness (QED) is 0.688. The first-order valence-electron chi connectivity index (χ1n) is 9.72. The normalized spacial score (nSPS) is 21.5. The van der Waals surface area contributed by atoms with E-state index in [4.69, 9.17) is 4.74 Å². The maximum absolute atomic E-state index is 13.1. The summed E-state index contributed by atoms with van der Waals surface area (Å²) >= 11 is 0. The smallest absolute Gasteiger partial charge is 0.264 e. The Kier molecular flexibility index (Phi) is 4.35. The second-order valence-corrected chi connectivity index (χ2v) is 7.55. The molecular formula is C20H19N5O5. The molecule has 2 saturated heterocycles. The monoisotopic (exact) mass is 409 g/mol. The molecule has 10 heteroatoms. The van der Waals surface area contributed by atoms with Gasteiger partial charge in [0.25, 0.3) is 11.8 Å². The van der Waals surface area contributed by atoms with Crippen LogP contribution in [0, 0.1) is 0 Å². The summed E-state index contributed by atoms with van der Waals surface area (Å²) in [7, 11) is 0. The van der Waals surface area contributed by atoms with Crippen LogP contribution in [0.15, 0.2) is 30.6 Å². The van der Waals surface area contributed by atoms with Gasteiger partial charge in [-0.2, -0.15) is 5.10 Å². The Labute approximate surface area is 171 Å². The molecular weight excluding hydrogens is 390 g/mol. The minimum absolute atomic E-state index is 0.0882. The van der Waals surface area contributed by atoms with Crippen LogP contribution in [0.1, 0.15) is 45.2 Å². The third-order valence-corrected chi connectivity index (χ3v) is 5.60. The number of amides is 4. The Morgan fingerprint density at radius 1 is 1.17 bits per heavy atom. The lowest BCUT2D eigenvalue weighted by Crippen LogP contribution is -2.54. The number of rotatable bonds is 5. The largest absolute Gasteiger partial charge is 0.380 e. The van der Waals surface area contributed by atoms with Crippen LogP contribution in [0.25, 0.3) is 0 Å². The summed E-state index contributed by atoms with van der Waals surface area (Å²) in [4.78, 5) is 50.5. The molecule has 0 spiro atoms. The number of carbonyl (C=O) groups excluding carboxylic acids is 4. The van der Waals surface area contributed by atoms with Crippen molar-refractivity contribution >= 4 is 29.3 Å². The van der Waals surface area contributed by atoms with Gasteiger partial charge in [0.05, 0.1) is 36.6 Å². The Morgan fingerprint density at radius 2 is 2.00 bits per heavy atom. The van der Waals surface area contributed by atoms with Crippen molar-refractivity contribution in [3.63, 3.8) is 0 Å². The van der Waals surface area contributed by atoms with Gasteiger partial charge in [-0.3, -0.25) is 34.1 Å². The fraction of sp³-hybridized carbons (Fsp3) is 0.350. The summed E-state index contributed by atoms with van der Waals surface area (Å²) in [5.41, 5.74) is 1.93. The van der Waals surface area contributed by atoms with Gasteiger partial charge in [0.2, 0.25) is 11.8 Å². The summed E-state index contributed by atoms with van der Waals surface area (Å²) < 4.78 is 7.03. The third kappa shape index (κ3) is 2.96. The molecule has 1 aromatic heterocycles. The second kappa shape index (κ2) is 7.06. The molecule has 2 N–H and O–H groups in total. The zero-order valence-electron chi connectivity index (χ0n) is 16.0. The van der Waals surface area contributed by atoms with Gasteiger partial charge in [0.1, 0.15) is 6.04 Å². The highest BCUT2D eigenvalue weighted by atomic mass is 16.5. The lowest BCUT2D eigenvalue weighted by atomic mass is 10.0. The number of hydrogen-bond acceptors (Lipinski definition) is 7. The van der Waals surface area contributed by atoms with Crippen molar-refractivity contribution < 1.29 is 23.9 Å². The Morgan fingerprint density at radius 3 is 2.73 bits per heavy atom. The van der Waals surface area contributed by atoms with E-state index in [9.17, 15) is 19.2 Å². The minimum Gasteiger partial charge on any atom is -0.380 e. The van der Waals surface area contributed by atoms with Crippen LogP contribution in [0.5, 0.6) is 0 Å². The van der Waals surface area contributed by atoms with Gasteiger partial charge in [-0.25, -0.2) is 0 Å². The molecule has 4 amide bonds. The van der Waals surface area contributed by atoms with Crippen LogP contribution in [-0.4, -0.2) is 57.6 Å². The number of carbonyl (C=O) groups is 4. The number of hydrogen-bond donors (Lipinski definition) is 2. The van der Waals surface area contributed by atoms with Crippen LogP contribution < -0.4 is 10.6 Å². The van der Waals surface area contributed by atoms with E-state index in [1.165, 1.54) is 0 Å². The van der Waals surface area contributed by atoms with Crippen molar-refractivity contribution in [3.05, 3.63) is 47.3 Å². The molecule has 1 unspecified atom stereocenters. The molecule has 2 aromatic rings. The van der Waals surface area contributed by atoms with Gasteiger partial charge in [0, 0.05) is 30.4 Å². The van der Waals surface area contributed by atoms with Gasteiger partial charge < -0.3 is 10.1 Å². The van der Waals surface area contributed by atoms with Crippen molar-refractivity contribution in [3.8, 4) is 0 Å². The summed E-state index contributed by atoms with van der Waals surface area (Å²) in [5.74, 6) is -2.08. The number of anilines is 1. The lowest BCUT2D eigenvalue weighted by Gasteiger charge is -2.27. The molecule has 154 valence electrons. The molecule has 1 aromatic carbocycles. The molecule has 10 nitrogen and oxygen atoms in total. The Balaban J connectivity index is 1.36.